The molecule has 1 aliphatic carbocycles. The largest absolute Gasteiger partial charge is 0.317 e. The van der Waals surface area contributed by atoms with E-state index in [1.165, 1.54) is 22.4 Å². The Morgan fingerprint density at radius 3 is 2.62 bits per heavy atom. The molecule has 7 heteroatoms. The van der Waals surface area contributed by atoms with E-state index >= 15 is 0 Å². The van der Waals surface area contributed by atoms with Gasteiger partial charge in [-0.2, -0.15) is 5.26 Å². The van der Waals surface area contributed by atoms with Gasteiger partial charge in [-0.25, -0.2) is 0 Å². The molecule has 1 saturated heterocycles. The molecule has 1 N–H and O–H groups in total. The summed E-state index contributed by atoms with van der Waals surface area (Å²) >= 11 is 1.60. The molecule has 0 aromatic carbocycles. The van der Waals surface area contributed by atoms with Crippen molar-refractivity contribution in [1.29, 1.82) is 5.26 Å². The summed E-state index contributed by atoms with van der Waals surface area (Å²) in [6.45, 7) is 5.71. The van der Waals surface area contributed by atoms with Crippen LogP contribution in [0.25, 0.3) is 0 Å². The van der Waals surface area contributed by atoms with E-state index in [2.05, 4.69) is 38.3 Å². The highest BCUT2D eigenvalue weighted by Gasteiger charge is 2.22. The topological polar surface area (TPSA) is 72.3 Å². The van der Waals surface area contributed by atoms with Gasteiger partial charge in [0.1, 0.15) is 11.1 Å². The fourth-order valence-corrected chi connectivity index (χ4v) is 5.39. The SMILES string of the molecule is N#Cc1c(NC(=O)CCN2CCN(Cc3ccncc3)CC2)sc2c1CCCC2. The molecule has 0 unspecified atom stereocenters. The highest BCUT2D eigenvalue weighted by molar-refractivity contribution is 7.16. The van der Waals surface area contributed by atoms with E-state index in [1.54, 1.807) is 11.3 Å². The number of carbonyl (C=O) groups is 1. The first-order chi connectivity index (χ1) is 14.2. The third kappa shape index (κ3) is 5.02. The second-order valence-electron chi connectivity index (χ2n) is 7.80. The lowest BCUT2D eigenvalue weighted by Gasteiger charge is -2.34. The molecule has 0 radical (unpaired) electrons. The average Bonchev–Trinajstić information content (AvgIpc) is 3.11. The van der Waals surface area contributed by atoms with Crippen LogP contribution in [0.15, 0.2) is 24.5 Å². The first-order valence-electron chi connectivity index (χ1n) is 10.4. The van der Waals surface area contributed by atoms with Gasteiger partial charge in [-0.3, -0.25) is 14.7 Å². The van der Waals surface area contributed by atoms with Crippen LogP contribution < -0.4 is 5.32 Å². The van der Waals surface area contributed by atoms with Gasteiger partial charge in [0.15, 0.2) is 0 Å². The predicted molar refractivity (Wildman–Crippen MR) is 115 cm³/mol. The highest BCUT2D eigenvalue weighted by Crippen LogP contribution is 2.37. The smallest absolute Gasteiger partial charge is 0.226 e. The summed E-state index contributed by atoms with van der Waals surface area (Å²) < 4.78 is 0. The number of rotatable bonds is 6. The Kier molecular flexibility index (Phi) is 6.55. The van der Waals surface area contributed by atoms with Gasteiger partial charge in [-0.1, -0.05) is 0 Å². The summed E-state index contributed by atoms with van der Waals surface area (Å²) in [7, 11) is 0. The molecule has 0 bridgehead atoms. The molecule has 0 atom stereocenters. The molecule has 1 aliphatic heterocycles. The van der Waals surface area contributed by atoms with E-state index in [9.17, 15) is 10.1 Å². The highest BCUT2D eigenvalue weighted by atomic mass is 32.1. The van der Waals surface area contributed by atoms with Crippen molar-refractivity contribution in [2.75, 3.05) is 38.0 Å². The lowest BCUT2D eigenvalue weighted by Crippen LogP contribution is -2.46. The Morgan fingerprint density at radius 1 is 1.14 bits per heavy atom. The second-order valence-corrected chi connectivity index (χ2v) is 8.90. The van der Waals surface area contributed by atoms with Crippen LogP contribution in [-0.4, -0.2) is 53.4 Å². The molecule has 0 saturated carbocycles. The summed E-state index contributed by atoms with van der Waals surface area (Å²) in [6, 6.07) is 6.44. The number of anilines is 1. The Hall–Kier alpha value is -2.27. The van der Waals surface area contributed by atoms with Crippen molar-refractivity contribution < 1.29 is 4.79 Å². The normalized spacial score (nSPS) is 17.5. The van der Waals surface area contributed by atoms with E-state index < -0.39 is 0 Å². The quantitative estimate of drug-likeness (QED) is 0.794. The molecule has 4 rings (SSSR count). The van der Waals surface area contributed by atoms with Gasteiger partial charge < -0.3 is 10.2 Å². The molecule has 2 aromatic rings. The Morgan fingerprint density at radius 2 is 1.86 bits per heavy atom. The van der Waals surface area contributed by atoms with Crippen LogP contribution in [0.3, 0.4) is 0 Å². The molecule has 152 valence electrons. The number of aromatic nitrogens is 1. The number of piperazine rings is 1. The number of hydrogen-bond donors (Lipinski definition) is 1. The third-order valence-electron chi connectivity index (χ3n) is 5.81. The molecule has 0 spiro atoms. The van der Waals surface area contributed by atoms with Gasteiger partial charge in [-0.05, 0) is 48.9 Å². The molecular formula is C22H27N5OS. The standard InChI is InChI=1S/C22H27N5OS/c23-15-19-18-3-1-2-4-20(18)29-22(19)25-21(28)7-10-26-11-13-27(14-12-26)16-17-5-8-24-9-6-17/h5-6,8-9H,1-4,7,10-14,16H2,(H,25,28). The fraction of sp³-hybridized carbons (Fsp3) is 0.500. The van der Waals surface area contributed by atoms with Gasteiger partial charge in [0.2, 0.25) is 5.91 Å². The molecule has 6 nitrogen and oxygen atoms in total. The van der Waals surface area contributed by atoms with Crippen molar-refractivity contribution in [2.45, 2.75) is 38.6 Å². The average molecular weight is 410 g/mol. The molecule has 2 aromatic heterocycles. The first-order valence-corrected chi connectivity index (χ1v) is 11.2. The van der Waals surface area contributed by atoms with Gasteiger partial charge in [0.25, 0.3) is 0 Å². The summed E-state index contributed by atoms with van der Waals surface area (Å²) in [4.78, 5) is 22.6. The number of nitrogens with one attached hydrogen (secondary N) is 1. The van der Waals surface area contributed by atoms with Crippen molar-refractivity contribution in [3.05, 3.63) is 46.1 Å². The number of hydrogen-bond acceptors (Lipinski definition) is 6. The van der Waals surface area contributed by atoms with Crippen LogP contribution in [0.4, 0.5) is 5.00 Å². The van der Waals surface area contributed by atoms with Gasteiger partial charge in [0, 0.05) is 63.0 Å². The number of carbonyl (C=O) groups excluding carboxylic acids is 1. The molecule has 29 heavy (non-hydrogen) atoms. The first kappa shape index (κ1) is 20.0. The van der Waals surface area contributed by atoms with Gasteiger partial charge in [0.05, 0.1) is 5.56 Å². The zero-order valence-electron chi connectivity index (χ0n) is 16.7. The number of pyridine rings is 1. The minimum atomic E-state index is 0.0133. The van der Waals surface area contributed by atoms with E-state index in [4.69, 9.17) is 0 Å². The fourth-order valence-electron chi connectivity index (χ4n) is 4.14. The minimum Gasteiger partial charge on any atom is -0.317 e. The van der Waals surface area contributed by atoms with Gasteiger partial charge in [-0.15, -0.1) is 11.3 Å². The lowest BCUT2D eigenvalue weighted by atomic mass is 9.96. The molecule has 1 fully saturated rings. The zero-order valence-corrected chi connectivity index (χ0v) is 17.5. The van der Waals surface area contributed by atoms with Crippen LogP contribution in [0.2, 0.25) is 0 Å². The number of fused-ring (bicyclic) bond motifs is 1. The molecule has 3 heterocycles. The summed E-state index contributed by atoms with van der Waals surface area (Å²) in [5, 5.41) is 13.3. The van der Waals surface area contributed by atoms with Crippen LogP contribution >= 0.6 is 11.3 Å². The number of amides is 1. The number of nitriles is 1. The van der Waals surface area contributed by atoms with Crippen LogP contribution in [0.1, 0.15) is 40.8 Å². The van der Waals surface area contributed by atoms with Crippen LogP contribution in [-0.2, 0) is 24.2 Å². The zero-order chi connectivity index (χ0) is 20.1. The number of nitrogens with zero attached hydrogens (tertiary/aromatic N) is 4. The van der Waals surface area contributed by atoms with Crippen LogP contribution in [0.5, 0.6) is 0 Å². The van der Waals surface area contributed by atoms with Gasteiger partial charge >= 0.3 is 0 Å². The Bertz CT molecular complexity index is 881. The summed E-state index contributed by atoms with van der Waals surface area (Å²) in [5.41, 5.74) is 3.16. The molecule has 2 aliphatic rings. The monoisotopic (exact) mass is 409 g/mol. The summed E-state index contributed by atoms with van der Waals surface area (Å²) in [5.74, 6) is 0.0133. The maximum Gasteiger partial charge on any atom is 0.226 e. The van der Waals surface area contributed by atoms with E-state index in [0.29, 0.717) is 12.0 Å². The van der Waals surface area contributed by atoms with E-state index in [0.717, 1.165) is 63.5 Å². The maximum absolute atomic E-state index is 12.5. The van der Waals surface area contributed by atoms with Crippen molar-refractivity contribution in [1.82, 2.24) is 14.8 Å². The van der Waals surface area contributed by atoms with E-state index in [1.807, 2.05) is 12.4 Å². The summed E-state index contributed by atoms with van der Waals surface area (Å²) in [6.07, 6.45) is 8.47. The Labute approximate surface area is 176 Å². The van der Waals surface area contributed by atoms with Crippen LogP contribution in [0, 0.1) is 11.3 Å². The third-order valence-corrected chi connectivity index (χ3v) is 7.02. The van der Waals surface area contributed by atoms with Crippen molar-refractivity contribution in [3.63, 3.8) is 0 Å². The lowest BCUT2D eigenvalue weighted by molar-refractivity contribution is -0.116. The van der Waals surface area contributed by atoms with Crippen molar-refractivity contribution >= 4 is 22.2 Å². The second kappa shape index (κ2) is 9.49. The number of thiophene rings is 1. The van der Waals surface area contributed by atoms with E-state index in [-0.39, 0.29) is 5.91 Å². The van der Waals surface area contributed by atoms with Crippen molar-refractivity contribution in [2.24, 2.45) is 0 Å². The number of aryl methyl sites for hydroxylation is 1. The molecule has 1 amide bonds. The predicted octanol–water partition coefficient (Wildman–Crippen LogP) is 3.04. The van der Waals surface area contributed by atoms with Crippen molar-refractivity contribution in [3.8, 4) is 6.07 Å². The molecular weight excluding hydrogens is 382 g/mol. The maximum atomic E-state index is 12.5. The minimum absolute atomic E-state index is 0.0133. The Balaban J connectivity index is 1.23.